The molecular formula is C13H14N2O. The molecule has 0 saturated heterocycles. The van der Waals surface area contributed by atoms with E-state index in [1.54, 1.807) is 12.3 Å². The van der Waals surface area contributed by atoms with Gasteiger partial charge in [-0.1, -0.05) is 32.0 Å². The van der Waals surface area contributed by atoms with E-state index in [-0.39, 0.29) is 11.5 Å². The van der Waals surface area contributed by atoms with E-state index in [9.17, 15) is 4.79 Å². The van der Waals surface area contributed by atoms with E-state index < -0.39 is 0 Å². The summed E-state index contributed by atoms with van der Waals surface area (Å²) in [7, 11) is 0. The van der Waals surface area contributed by atoms with Crippen LogP contribution in [0.1, 0.15) is 25.3 Å². The second-order valence-electron chi connectivity index (χ2n) is 3.99. The zero-order valence-electron chi connectivity index (χ0n) is 9.42. The Kier molecular flexibility index (Phi) is 2.86. The highest BCUT2D eigenvalue weighted by Gasteiger charge is 2.08. The highest BCUT2D eigenvalue weighted by Crippen LogP contribution is 2.09. The first-order chi connectivity index (χ1) is 7.70. The van der Waals surface area contributed by atoms with Crippen molar-refractivity contribution in [2.45, 2.75) is 19.8 Å². The molecule has 0 N–H and O–H groups in total. The normalized spacial score (nSPS) is 10.7. The SMILES string of the molecule is CC(C)c1ccnn(-c2ccccc2)c1=O. The molecule has 1 aromatic carbocycles. The molecule has 0 amide bonds. The summed E-state index contributed by atoms with van der Waals surface area (Å²) in [4.78, 5) is 12.1. The van der Waals surface area contributed by atoms with Gasteiger partial charge in [-0.05, 0) is 24.1 Å². The van der Waals surface area contributed by atoms with Gasteiger partial charge in [-0.2, -0.15) is 9.78 Å². The third-order valence-electron chi connectivity index (χ3n) is 2.50. The van der Waals surface area contributed by atoms with E-state index in [1.807, 2.05) is 44.2 Å². The molecule has 16 heavy (non-hydrogen) atoms. The fourth-order valence-electron chi connectivity index (χ4n) is 1.62. The Hall–Kier alpha value is -1.90. The maximum atomic E-state index is 12.1. The van der Waals surface area contributed by atoms with E-state index in [2.05, 4.69) is 5.10 Å². The minimum Gasteiger partial charge on any atom is -0.267 e. The molecule has 0 spiro atoms. The van der Waals surface area contributed by atoms with E-state index in [0.29, 0.717) is 0 Å². The predicted molar refractivity (Wildman–Crippen MR) is 63.9 cm³/mol. The van der Waals surface area contributed by atoms with Gasteiger partial charge in [-0.25, -0.2) is 0 Å². The lowest BCUT2D eigenvalue weighted by Gasteiger charge is -2.08. The van der Waals surface area contributed by atoms with Crippen molar-refractivity contribution in [3.63, 3.8) is 0 Å². The largest absolute Gasteiger partial charge is 0.274 e. The van der Waals surface area contributed by atoms with E-state index in [1.165, 1.54) is 4.68 Å². The van der Waals surface area contributed by atoms with Gasteiger partial charge in [0, 0.05) is 11.8 Å². The molecule has 82 valence electrons. The van der Waals surface area contributed by atoms with Crippen LogP contribution in [0, 0.1) is 0 Å². The Morgan fingerprint density at radius 1 is 1.12 bits per heavy atom. The van der Waals surface area contributed by atoms with Crippen molar-refractivity contribution in [3.05, 3.63) is 58.5 Å². The van der Waals surface area contributed by atoms with Crippen LogP contribution in [0.4, 0.5) is 0 Å². The monoisotopic (exact) mass is 214 g/mol. The lowest BCUT2D eigenvalue weighted by atomic mass is 10.1. The zero-order chi connectivity index (χ0) is 11.5. The lowest BCUT2D eigenvalue weighted by molar-refractivity contribution is 0.750. The Balaban J connectivity index is 2.60. The minimum absolute atomic E-state index is 0.0382. The number of hydrogen-bond acceptors (Lipinski definition) is 2. The first-order valence-corrected chi connectivity index (χ1v) is 5.34. The Morgan fingerprint density at radius 2 is 1.81 bits per heavy atom. The Bertz CT molecular complexity index is 529. The van der Waals surface area contributed by atoms with Crippen LogP contribution >= 0.6 is 0 Å². The van der Waals surface area contributed by atoms with Crippen LogP contribution < -0.4 is 5.56 Å². The molecule has 0 aliphatic heterocycles. The van der Waals surface area contributed by atoms with Crippen molar-refractivity contribution in [2.24, 2.45) is 0 Å². The number of rotatable bonds is 2. The van der Waals surface area contributed by atoms with Crippen LogP contribution in [0.15, 0.2) is 47.4 Å². The highest BCUT2D eigenvalue weighted by atomic mass is 16.1. The minimum atomic E-state index is -0.0382. The molecule has 0 bridgehead atoms. The molecular weight excluding hydrogens is 200 g/mol. The molecule has 3 nitrogen and oxygen atoms in total. The fraction of sp³-hybridized carbons (Fsp3) is 0.231. The number of benzene rings is 1. The van der Waals surface area contributed by atoms with Crippen LogP contribution in [0.5, 0.6) is 0 Å². The van der Waals surface area contributed by atoms with Gasteiger partial charge in [0.05, 0.1) is 5.69 Å². The van der Waals surface area contributed by atoms with Crippen LogP contribution in [0.2, 0.25) is 0 Å². The van der Waals surface area contributed by atoms with Gasteiger partial charge in [-0.3, -0.25) is 4.79 Å². The zero-order valence-corrected chi connectivity index (χ0v) is 9.42. The van der Waals surface area contributed by atoms with Gasteiger partial charge in [0.25, 0.3) is 5.56 Å². The average Bonchev–Trinajstić information content (AvgIpc) is 2.30. The van der Waals surface area contributed by atoms with Crippen LogP contribution in [-0.2, 0) is 0 Å². The van der Waals surface area contributed by atoms with Gasteiger partial charge < -0.3 is 0 Å². The summed E-state index contributed by atoms with van der Waals surface area (Å²) < 4.78 is 1.44. The highest BCUT2D eigenvalue weighted by molar-refractivity contribution is 5.31. The molecule has 3 heteroatoms. The summed E-state index contributed by atoms with van der Waals surface area (Å²) in [6, 6.07) is 11.2. The molecule has 0 saturated carbocycles. The lowest BCUT2D eigenvalue weighted by Crippen LogP contribution is -2.24. The van der Waals surface area contributed by atoms with Gasteiger partial charge in [0.15, 0.2) is 0 Å². The third-order valence-corrected chi connectivity index (χ3v) is 2.50. The van der Waals surface area contributed by atoms with Crippen molar-refractivity contribution < 1.29 is 0 Å². The predicted octanol–water partition coefficient (Wildman–Crippen LogP) is 2.36. The Morgan fingerprint density at radius 3 is 2.44 bits per heavy atom. The molecule has 0 aliphatic carbocycles. The quantitative estimate of drug-likeness (QED) is 0.769. The van der Waals surface area contributed by atoms with Gasteiger partial charge in [-0.15, -0.1) is 0 Å². The van der Waals surface area contributed by atoms with E-state index in [0.717, 1.165) is 11.3 Å². The molecule has 0 radical (unpaired) electrons. The summed E-state index contributed by atoms with van der Waals surface area (Å²) in [5, 5.41) is 4.10. The van der Waals surface area contributed by atoms with Crippen molar-refractivity contribution in [1.82, 2.24) is 9.78 Å². The summed E-state index contributed by atoms with van der Waals surface area (Å²) in [6.45, 7) is 4.01. The molecule has 0 atom stereocenters. The van der Waals surface area contributed by atoms with E-state index >= 15 is 0 Å². The fourth-order valence-corrected chi connectivity index (χ4v) is 1.62. The Labute approximate surface area is 94.4 Å². The van der Waals surface area contributed by atoms with Crippen molar-refractivity contribution in [1.29, 1.82) is 0 Å². The first kappa shape index (κ1) is 10.6. The van der Waals surface area contributed by atoms with Crippen LogP contribution in [0.25, 0.3) is 5.69 Å². The van der Waals surface area contributed by atoms with Crippen LogP contribution in [-0.4, -0.2) is 9.78 Å². The second kappa shape index (κ2) is 4.31. The molecule has 0 fully saturated rings. The van der Waals surface area contributed by atoms with Crippen molar-refractivity contribution >= 4 is 0 Å². The molecule has 0 unspecified atom stereocenters. The van der Waals surface area contributed by atoms with Gasteiger partial charge in [0.1, 0.15) is 0 Å². The standard InChI is InChI=1S/C13H14N2O/c1-10(2)12-8-9-14-15(13(12)16)11-6-4-3-5-7-11/h3-10H,1-2H3. The molecule has 0 aliphatic rings. The molecule has 1 heterocycles. The number of hydrogen-bond donors (Lipinski definition) is 0. The molecule has 1 aromatic heterocycles. The average molecular weight is 214 g/mol. The van der Waals surface area contributed by atoms with E-state index in [4.69, 9.17) is 0 Å². The van der Waals surface area contributed by atoms with Crippen LogP contribution in [0.3, 0.4) is 0 Å². The second-order valence-corrected chi connectivity index (χ2v) is 3.99. The number of nitrogens with zero attached hydrogens (tertiary/aromatic N) is 2. The summed E-state index contributed by atoms with van der Waals surface area (Å²) in [5.74, 6) is 0.213. The first-order valence-electron chi connectivity index (χ1n) is 5.34. The molecule has 2 aromatic rings. The van der Waals surface area contributed by atoms with Crippen molar-refractivity contribution in [2.75, 3.05) is 0 Å². The summed E-state index contributed by atoms with van der Waals surface area (Å²) in [6.07, 6.45) is 1.67. The smallest absolute Gasteiger partial charge is 0.267 e. The summed E-state index contributed by atoms with van der Waals surface area (Å²) >= 11 is 0. The third kappa shape index (κ3) is 1.89. The summed E-state index contributed by atoms with van der Waals surface area (Å²) in [5.41, 5.74) is 1.55. The maximum Gasteiger partial charge on any atom is 0.274 e. The number of aromatic nitrogens is 2. The van der Waals surface area contributed by atoms with Gasteiger partial charge >= 0.3 is 0 Å². The molecule has 2 rings (SSSR count). The topological polar surface area (TPSA) is 34.9 Å². The van der Waals surface area contributed by atoms with Gasteiger partial charge in [0.2, 0.25) is 0 Å². The van der Waals surface area contributed by atoms with Crippen molar-refractivity contribution in [3.8, 4) is 5.69 Å². The maximum absolute atomic E-state index is 12.1. The number of para-hydroxylation sites is 1.